The van der Waals surface area contributed by atoms with Crippen molar-refractivity contribution in [2.45, 2.75) is 13.8 Å². The maximum Gasteiger partial charge on any atom is 0.126 e. The van der Waals surface area contributed by atoms with Crippen LogP contribution in [0.2, 0.25) is 0 Å². The molecule has 0 aliphatic heterocycles. The number of rotatable bonds is 5. The first-order chi connectivity index (χ1) is 9.26. The van der Waals surface area contributed by atoms with Crippen LogP contribution in [0.25, 0.3) is 16.8 Å². The Morgan fingerprint density at radius 2 is 2.00 bits per heavy atom. The maximum atomic E-state index is 5.49. The molecule has 2 nitrogen and oxygen atoms in total. The molecule has 0 saturated carbocycles. The summed E-state index contributed by atoms with van der Waals surface area (Å²) in [4.78, 5) is 0. The summed E-state index contributed by atoms with van der Waals surface area (Å²) in [6.07, 6.45) is 2.21. The van der Waals surface area contributed by atoms with E-state index in [0.717, 1.165) is 24.4 Å². The molecule has 0 unspecified atom stereocenters. The third kappa shape index (κ3) is 3.15. The molecule has 2 aromatic rings. The van der Waals surface area contributed by atoms with E-state index in [0.29, 0.717) is 0 Å². The minimum atomic E-state index is 0.906. The third-order valence-electron chi connectivity index (χ3n) is 3.20. The third-order valence-corrected chi connectivity index (χ3v) is 3.20. The molecule has 0 atom stereocenters. The molecule has 0 saturated heterocycles. The van der Waals surface area contributed by atoms with Gasteiger partial charge in [0, 0.05) is 12.1 Å². The number of likely N-dealkylation sites (N-methyl/N-ethyl adjacent to an activating group) is 1. The van der Waals surface area contributed by atoms with Crippen molar-refractivity contribution in [2.24, 2.45) is 0 Å². The van der Waals surface area contributed by atoms with Gasteiger partial charge in [-0.15, -0.1) is 0 Å². The number of methoxy groups -OCH3 is 1. The summed E-state index contributed by atoms with van der Waals surface area (Å²) in [6.45, 7) is 6.15. The van der Waals surface area contributed by atoms with E-state index < -0.39 is 0 Å². The van der Waals surface area contributed by atoms with Crippen LogP contribution in [0.3, 0.4) is 0 Å². The molecule has 100 valence electrons. The van der Waals surface area contributed by atoms with Crippen molar-refractivity contribution in [3.05, 3.63) is 47.5 Å². The number of benzene rings is 2. The van der Waals surface area contributed by atoms with Crippen LogP contribution in [0.4, 0.5) is 0 Å². The highest BCUT2D eigenvalue weighted by atomic mass is 16.5. The molecular weight excluding hydrogens is 234 g/mol. The lowest BCUT2D eigenvalue weighted by molar-refractivity contribution is 0.414. The Labute approximate surface area is 115 Å². The standard InChI is InChI=1S/C17H21NO/c1-4-18-12-13(2)11-16-15-8-6-5-7-14(15)9-10-17(16)19-3/h5-11,18H,4,12H2,1-3H3. The Bertz CT molecular complexity index is 587. The van der Waals surface area contributed by atoms with Crippen molar-refractivity contribution in [1.29, 1.82) is 0 Å². The monoisotopic (exact) mass is 255 g/mol. The number of hydrogen-bond donors (Lipinski definition) is 1. The lowest BCUT2D eigenvalue weighted by Gasteiger charge is -2.10. The molecule has 0 aromatic heterocycles. The highest BCUT2D eigenvalue weighted by Crippen LogP contribution is 2.29. The predicted molar refractivity (Wildman–Crippen MR) is 82.7 cm³/mol. The van der Waals surface area contributed by atoms with E-state index in [9.17, 15) is 0 Å². The summed E-state index contributed by atoms with van der Waals surface area (Å²) in [7, 11) is 1.72. The lowest BCUT2D eigenvalue weighted by atomic mass is 10.0. The average Bonchev–Trinajstić information content (AvgIpc) is 2.45. The molecule has 0 fully saturated rings. The van der Waals surface area contributed by atoms with E-state index in [1.807, 2.05) is 6.07 Å². The van der Waals surface area contributed by atoms with Crippen molar-refractivity contribution in [2.75, 3.05) is 20.2 Å². The van der Waals surface area contributed by atoms with E-state index in [1.165, 1.54) is 16.3 Å². The first kappa shape index (κ1) is 13.6. The van der Waals surface area contributed by atoms with E-state index in [1.54, 1.807) is 7.11 Å². The van der Waals surface area contributed by atoms with Gasteiger partial charge in [0.25, 0.3) is 0 Å². The molecular formula is C17H21NO. The Morgan fingerprint density at radius 1 is 1.21 bits per heavy atom. The van der Waals surface area contributed by atoms with Crippen molar-refractivity contribution in [3.8, 4) is 5.75 Å². The summed E-state index contributed by atoms with van der Waals surface area (Å²) in [6, 6.07) is 12.5. The number of hydrogen-bond acceptors (Lipinski definition) is 2. The first-order valence-corrected chi connectivity index (χ1v) is 6.70. The van der Waals surface area contributed by atoms with Crippen LogP contribution in [-0.4, -0.2) is 20.2 Å². The second-order valence-corrected chi connectivity index (χ2v) is 4.67. The molecule has 19 heavy (non-hydrogen) atoms. The van der Waals surface area contributed by atoms with E-state index in [2.05, 4.69) is 55.6 Å². The van der Waals surface area contributed by atoms with Crippen molar-refractivity contribution >= 4 is 16.8 Å². The minimum absolute atomic E-state index is 0.906. The summed E-state index contributed by atoms with van der Waals surface area (Å²) in [5, 5.41) is 5.82. The average molecular weight is 255 g/mol. The van der Waals surface area contributed by atoms with E-state index in [4.69, 9.17) is 4.74 Å². The predicted octanol–water partition coefficient (Wildman–Crippen LogP) is 3.86. The number of nitrogens with one attached hydrogen (secondary N) is 1. The summed E-state index contributed by atoms with van der Waals surface area (Å²) >= 11 is 0. The molecule has 0 heterocycles. The Balaban J connectivity index is 2.50. The fraction of sp³-hybridized carbons (Fsp3) is 0.294. The first-order valence-electron chi connectivity index (χ1n) is 6.70. The molecule has 0 amide bonds. The summed E-state index contributed by atoms with van der Waals surface area (Å²) in [5.74, 6) is 0.926. The molecule has 0 bridgehead atoms. The van der Waals surface area contributed by atoms with Gasteiger partial charge in [0.1, 0.15) is 5.75 Å². The van der Waals surface area contributed by atoms with Crippen LogP contribution in [-0.2, 0) is 0 Å². The van der Waals surface area contributed by atoms with E-state index >= 15 is 0 Å². The quantitative estimate of drug-likeness (QED) is 0.876. The lowest BCUT2D eigenvalue weighted by Crippen LogP contribution is -2.14. The molecule has 0 spiro atoms. The van der Waals surface area contributed by atoms with Crippen LogP contribution in [0, 0.1) is 0 Å². The van der Waals surface area contributed by atoms with Gasteiger partial charge in [-0.25, -0.2) is 0 Å². The van der Waals surface area contributed by atoms with Crippen molar-refractivity contribution in [1.82, 2.24) is 5.32 Å². The van der Waals surface area contributed by atoms with Crippen LogP contribution < -0.4 is 10.1 Å². The Kier molecular flexibility index (Phi) is 4.58. The van der Waals surface area contributed by atoms with Gasteiger partial charge in [0.2, 0.25) is 0 Å². The van der Waals surface area contributed by atoms with Crippen molar-refractivity contribution in [3.63, 3.8) is 0 Å². The Morgan fingerprint density at radius 3 is 2.74 bits per heavy atom. The van der Waals surface area contributed by atoms with Gasteiger partial charge in [-0.3, -0.25) is 0 Å². The smallest absolute Gasteiger partial charge is 0.126 e. The van der Waals surface area contributed by atoms with Gasteiger partial charge >= 0.3 is 0 Å². The number of ether oxygens (including phenoxy) is 1. The SMILES string of the molecule is CCNCC(C)=Cc1c(OC)ccc2ccccc12. The zero-order valence-corrected chi connectivity index (χ0v) is 11.9. The normalized spacial score (nSPS) is 11.8. The summed E-state index contributed by atoms with van der Waals surface area (Å²) in [5.41, 5.74) is 2.47. The minimum Gasteiger partial charge on any atom is -0.496 e. The second kappa shape index (κ2) is 6.39. The van der Waals surface area contributed by atoms with Gasteiger partial charge in [-0.05, 0) is 30.3 Å². The molecule has 0 aliphatic carbocycles. The maximum absolute atomic E-state index is 5.49. The van der Waals surface area contributed by atoms with Gasteiger partial charge in [-0.1, -0.05) is 48.9 Å². The fourth-order valence-corrected chi connectivity index (χ4v) is 2.22. The van der Waals surface area contributed by atoms with Crippen LogP contribution in [0.5, 0.6) is 5.75 Å². The Hall–Kier alpha value is -1.80. The van der Waals surface area contributed by atoms with Gasteiger partial charge in [0.05, 0.1) is 7.11 Å². The van der Waals surface area contributed by atoms with Crippen LogP contribution in [0.1, 0.15) is 19.4 Å². The van der Waals surface area contributed by atoms with Gasteiger partial charge in [0.15, 0.2) is 0 Å². The summed E-state index contributed by atoms with van der Waals surface area (Å²) < 4.78 is 5.49. The van der Waals surface area contributed by atoms with Gasteiger partial charge < -0.3 is 10.1 Å². The number of fused-ring (bicyclic) bond motifs is 1. The van der Waals surface area contributed by atoms with Crippen LogP contribution >= 0.6 is 0 Å². The second-order valence-electron chi connectivity index (χ2n) is 4.67. The largest absolute Gasteiger partial charge is 0.496 e. The molecule has 0 aliphatic rings. The topological polar surface area (TPSA) is 21.3 Å². The van der Waals surface area contributed by atoms with Crippen molar-refractivity contribution < 1.29 is 4.74 Å². The van der Waals surface area contributed by atoms with Crippen LogP contribution in [0.15, 0.2) is 42.0 Å². The molecule has 2 heteroatoms. The zero-order chi connectivity index (χ0) is 13.7. The fourth-order valence-electron chi connectivity index (χ4n) is 2.22. The highest BCUT2D eigenvalue weighted by molar-refractivity contribution is 5.93. The molecule has 2 rings (SSSR count). The van der Waals surface area contributed by atoms with E-state index in [-0.39, 0.29) is 0 Å². The zero-order valence-electron chi connectivity index (χ0n) is 11.9. The molecule has 1 N–H and O–H groups in total. The molecule has 0 radical (unpaired) electrons. The molecule has 2 aromatic carbocycles. The highest BCUT2D eigenvalue weighted by Gasteiger charge is 2.05. The van der Waals surface area contributed by atoms with Gasteiger partial charge in [-0.2, -0.15) is 0 Å².